The van der Waals surface area contributed by atoms with Gasteiger partial charge in [0.25, 0.3) is 0 Å². The van der Waals surface area contributed by atoms with Crippen molar-refractivity contribution >= 4 is 27.3 Å². The van der Waals surface area contributed by atoms with Crippen LogP contribution in [0.2, 0.25) is 0 Å². The monoisotopic (exact) mass is 318 g/mol. The highest BCUT2D eigenvalue weighted by atomic mass is 32.2. The Bertz CT molecular complexity index is 746. The normalized spacial score (nSPS) is 11.0. The lowest BCUT2D eigenvalue weighted by atomic mass is 10.2. The molecule has 2 rings (SSSR count). The van der Waals surface area contributed by atoms with E-state index in [2.05, 4.69) is 0 Å². The van der Waals surface area contributed by atoms with Gasteiger partial charge < -0.3 is 5.73 Å². The molecule has 0 radical (unpaired) electrons. The van der Waals surface area contributed by atoms with Crippen molar-refractivity contribution in [2.45, 2.75) is 9.79 Å². The molecule has 2 N–H and O–H groups in total. The van der Waals surface area contributed by atoms with Gasteiger partial charge in [0.15, 0.2) is 9.84 Å². The summed E-state index contributed by atoms with van der Waals surface area (Å²) in [5.41, 5.74) is 6.73. The second kappa shape index (κ2) is 6.66. The second-order valence-electron chi connectivity index (χ2n) is 4.37. The molecule has 2 aromatic rings. The molecule has 0 saturated heterocycles. The fourth-order valence-corrected chi connectivity index (χ4v) is 4.25. The largest absolute Gasteiger partial charge is 0.399 e. The van der Waals surface area contributed by atoms with E-state index in [1.165, 1.54) is 36.0 Å². The second-order valence-corrected chi connectivity index (χ2v) is 7.65. The van der Waals surface area contributed by atoms with Gasteiger partial charge in [-0.25, -0.2) is 8.42 Å². The molecule has 0 fully saturated rings. The van der Waals surface area contributed by atoms with Gasteiger partial charge in [-0.3, -0.25) is 0 Å². The maximum absolute atomic E-state index is 12.2. The lowest BCUT2D eigenvalue weighted by molar-refractivity contribution is 0.597. The average molecular weight is 318 g/mol. The fourth-order valence-electron chi connectivity index (χ4n) is 1.69. The predicted molar refractivity (Wildman–Crippen MR) is 84.8 cm³/mol. The molecular formula is C15H14N2O2S2. The van der Waals surface area contributed by atoms with Gasteiger partial charge in [-0.1, -0.05) is 0 Å². The molecule has 21 heavy (non-hydrogen) atoms. The number of nitrogen functional groups attached to an aromatic ring is 1. The summed E-state index contributed by atoms with van der Waals surface area (Å²) in [5.74, 6) is 0.514. The molecule has 0 heterocycles. The topological polar surface area (TPSA) is 84.0 Å². The molecule has 0 aromatic heterocycles. The van der Waals surface area contributed by atoms with Crippen molar-refractivity contribution in [3.63, 3.8) is 0 Å². The third-order valence-electron chi connectivity index (χ3n) is 2.84. The van der Waals surface area contributed by atoms with Gasteiger partial charge in [-0.2, -0.15) is 5.26 Å². The Balaban J connectivity index is 1.97. The molecule has 0 aliphatic carbocycles. The maximum atomic E-state index is 12.2. The van der Waals surface area contributed by atoms with Crippen LogP contribution in [0.5, 0.6) is 0 Å². The zero-order chi connectivity index (χ0) is 15.3. The standard InChI is InChI=1S/C15H14N2O2S2/c16-11-12-1-7-15(8-2-12)21(18,19)10-9-20-14-5-3-13(17)4-6-14/h1-8H,9-10,17H2. The highest BCUT2D eigenvalue weighted by Gasteiger charge is 2.14. The lowest BCUT2D eigenvalue weighted by Gasteiger charge is -2.05. The van der Waals surface area contributed by atoms with Crippen LogP contribution in [-0.4, -0.2) is 19.9 Å². The van der Waals surface area contributed by atoms with Crippen LogP contribution in [0, 0.1) is 11.3 Å². The summed E-state index contributed by atoms with van der Waals surface area (Å²) in [5, 5.41) is 8.71. The summed E-state index contributed by atoms with van der Waals surface area (Å²) in [7, 11) is -3.32. The number of thioether (sulfide) groups is 1. The summed E-state index contributed by atoms with van der Waals surface area (Å²) in [4.78, 5) is 1.23. The Kier molecular flexibility index (Phi) is 4.89. The van der Waals surface area contributed by atoms with E-state index in [0.717, 1.165) is 4.90 Å². The van der Waals surface area contributed by atoms with Crippen molar-refractivity contribution in [3.8, 4) is 6.07 Å². The first-order valence-electron chi connectivity index (χ1n) is 6.22. The molecule has 0 aliphatic rings. The zero-order valence-electron chi connectivity index (χ0n) is 11.2. The van der Waals surface area contributed by atoms with Crippen molar-refractivity contribution in [1.82, 2.24) is 0 Å². The number of hydrogen-bond acceptors (Lipinski definition) is 5. The van der Waals surface area contributed by atoms with Crippen LogP contribution in [0.15, 0.2) is 58.3 Å². The molecule has 0 saturated carbocycles. The third-order valence-corrected chi connectivity index (χ3v) is 5.85. The zero-order valence-corrected chi connectivity index (χ0v) is 12.8. The first kappa shape index (κ1) is 15.4. The number of rotatable bonds is 5. The molecule has 0 amide bonds. The number of nitrogens with two attached hydrogens (primary N) is 1. The average Bonchev–Trinajstić information content (AvgIpc) is 2.49. The number of nitriles is 1. The van der Waals surface area contributed by atoms with Crippen molar-refractivity contribution in [2.75, 3.05) is 17.2 Å². The molecular weight excluding hydrogens is 304 g/mol. The summed E-state index contributed by atoms with van der Waals surface area (Å²) < 4.78 is 24.3. The van der Waals surface area contributed by atoms with E-state index in [1.807, 2.05) is 18.2 Å². The van der Waals surface area contributed by atoms with Gasteiger partial charge in [0.2, 0.25) is 0 Å². The van der Waals surface area contributed by atoms with Gasteiger partial charge in [-0.05, 0) is 48.5 Å². The molecule has 0 unspecified atom stereocenters. The lowest BCUT2D eigenvalue weighted by Crippen LogP contribution is -2.08. The van der Waals surface area contributed by atoms with Crippen LogP contribution in [0.4, 0.5) is 5.69 Å². The Morgan fingerprint density at radius 2 is 1.67 bits per heavy atom. The Hall–Kier alpha value is -1.97. The molecule has 6 heteroatoms. The van der Waals surface area contributed by atoms with Crippen molar-refractivity contribution in [2.24, 2.45) is 0 Å². The van der Waals surface area contributed by atoms with E-state index < -0.39 is 9.84 Å². The van der Waals surface area contributed by atoms with Gasteiger partial charge in [0, 0.05) is 16.3 Å². The van der Waals surface area contributed by atoms with E-state index >= 15 is 0 Å². The number of anilines is 1. The van der Waals surface area contributed by atoms with Crippen LogP contribution in [0.3, 0.4) is 0 Å². The fraction of sp³-hybridized carbons (Fsp3) is 0.133. The van der Waals surface area contributed by atoms with E-state index in [4.69, 9.17) is 11.0 Å². The van der Waals surface area contributed by atoms with Crippen molar-refractivity contribution in [3.05, 3.63) is 54.1 Å². The first-order valence-corrected chi connectivity index (χ1v) is 8.86. The smallest absolute Gasteiger partial charge is 0.179 e. The van der Waals surface area contributed by atoms with Gasteiger partial charge in [0.1, 0.15) is 0 Å². The van der Waals surface area contributed by atoms with Crippen LogP contribution in [0.1, 0.15) is 5.56 Å². The summed E-state index contributed by atoms with van der Waals surface area (Å²) in [6.45, 7) is 0. The SMILES string of the molecule is N#Cc1ccc(S(=O)(=O)CCSc2ccc(N)cc2)cc1. The third kappa shape index (κ3) is 4.25. The van der Waals surface area contributed by atoms with Crippen LogP contribution >= 0.6 is 11.8 Å². The molecule has 0 bridgehead atoms. The van der Waals surface area contributed by atoms with E-state index in [-0.39, 0.29) is 10.6 Å². The first-order chi connectivity index (χ1) is 10.0. The van der Waals surface area contributed by atoms with Crippen molar-refractivity contribution in [1.29, 1.82) is 5.26 Å². The van der Waals surface area contributed by atoms with E-state index in [1.54, 1.807) is 12.1 Å². The Labute approximate surface area is 128 Å². The van der Waals surface area contributed by atoms with Gasteiger partial charge in [-0.15, -0.1) is 11.8 Å². The Morgan fingerprint density at radius 3 is 2.24 bits per heavy atom. The molecule has 0 spiro atoms. The van der Waals surface area contributed by atoms with Crippen LogP contribution in [-0.2, 0) is 9.84 Å². The molecule has 4 nitrogen and oxygen atoms in total. The minimum absolute atomic E-state index is 0.0495. The summed E-state index contributed by atoms with van der Waals surface area (Å²) >= 11 is 1.47. The minimum Gasteiger partial charge on any atom is -0.399 e. The number of nitrogens with zero attached hydrogens (tertiary/aromatic N) is 1. The summed E-state index contributed by atoms with van der Waals surface area (Å²) in [6, 6.07) is 15.3. The van der Waals surface area contributed by atoms with Crippen LogP contribution in [0.25, 0.3) is 0 Å². The van der Waals surface area contributed by atoms with Crippen LogP contribution < -0.4 is 5.73 Å². The number of benzene rings is 2. The molecule has 108 valence electrons. The maximum Gasteiger partial charge on any atom is 0.179 e. The van der Waals surface area contributed by atoms with Gasteiger partial charge in [0.05, 0.1) is 22.3 Å². The highest BCUT2D eigenvalue weighted by Crippen LogP contribution is 2.21. The number of sulfone groups is 1. The minimum atomic E-state index is -3.32. The van der Waals surface area contributed by atoms with E-state index in [0.29, 0.717) is 17.0 Å². The highest BCUT2D eigenvalue weighted by molar-refractivity contribution is 8.00. The van der Waals surface area contributed by atoms with Crippen molar-refractivity contribution < 1.29 is 8.42 Å². The molecule has 0 atom stereocenters. The Morgan fingerprint density at radius 1 is 1.05 bits per heavy atom. The van der Waals surface area contributed by atoms with E-state index in [9.17, 15) is 8.42 Å². The summed E-state index contributed by atoms with van der Waals surface area (Å²) in [6.07, 6.45) is 0. The molecule has 2 aromatic carbocycles. The molecule has 0 aliphatic heterocycles. The van der Waals surface area contributed by atoms with Gasteiger partial charge >= 0.3 is 0 Å². The quantitative estimate of drug-likeness (QED) is 0.677. The predicted octanol–water partition coefficient (Wildman–Crippen LogP) is 2.71. The number of hydrogen-bond donors (Lipinski definition) is 1.